The third kappa shape index (κ3) is 3.56. The molecule has 144 valence electrons. The highest BCUT2D eigenvalue weighted by Gasteiger charge is 2.35. The van der Waals surface area contributed by atoms with E-state index in [1.54, 1.807) is 22.9 Å². The minimum absolute atomic E-state index is 0.0428. The zero-order valence-electron chi connectivity index (χ0n) is 15.0. The van der Waals surface area contributed by atoms with Crippen LogP contribution in [0.2, 0.25) is 0 Å². The molecule has 3 heterocycles. The molecular weight excluding hydrogens is 384 g/mol. The molecule has 0 saturated carbocycles. The monoisotopic (exact) mass is 396 g/mol. The Labute approximate surface area is 163 Å². The number of rotatable bonds is 3. The molecule has 29 heavy (non-hydrogen) atoms. The number of ether oxygens (including phenoxy) is 1. The Kier molecular flexibility index (Phi) is 4.53. The number of pyridine rings is 2. The zero-order chi connectivity index (χ0) is 20.6. The molecule has 0 radical (unpaired) electrons. The maximum Gasteiger partial charge on any atom is 0.421 e. The highest BCUT2D eigenvalue weighted by Crippen LogP contribution is 2.36. The molecular formula is C19H12BF3N4O2. The Balaban J connectivity index is 1.82. The highest BCUT2D eigenvalue weighted by atomic mass is 19.4. The van der Waals surface area contributed by atoms with Crippen LogP contribution in [0.15, 0.2) is 66.0 Å². The van der Waals surface area contributed by atoms with Gasteiger partial charge in [0.1, 0.15) is 17.6 Å². The first-order chi connectivity index (χ1) is 13.8. The Morgan fingerprint density at radius 2 is 1.76 bits per heavy atom. The summed E-state index contributed by atoms with van der Waals surface area (Å²) in [6, 6.07) is 10.0. The molecule has 0 aliphatic carbocycles. The molecule has 4 aromatic rings. The van der Waals surface area contributed by atoms with Crippen molar-refractivity contribution < 1.29 is 17.9 Å². The van der Waals surface area contributed by atoms with Crippen LogP contribution in [-0.4, -0.2) is 27.4 Å². The second-order valence-corrected chi connectivity index (χ2v) is 6.16. The lowest BCUT2D eigenvalue weighted by atomic mass is 10.0. The van der Waals surface area contributed by atoms with Gasteiger partial charge in [0.25, 0.3) is 5.56 Å². The average Bonchev–Trinajstić information content (AvgIpc) is 2.69. The van der Waals surface area contributed by atoms with Gasteiger partial charge in [-0.2, -0.15) is 18.2 Å². The lowest BCUT2D eigenvalue weighted by Gasteiger charge is -2.14. The summed E-state index contributed by atoms with van der Waals surface area (Å²) in [7, 11) is 1.82. The van der Waals surface area contributed by atoms with Crippen molar-refractivity contribution in [2.75, 3.05) is 0 Å². The van der Waals surface area contributed by atoms with E-state index in [0.717, 1.165) is 17.3 Å². The second-order valence-electron chi connectivity index (χ2n) is 6.16. The lowest BCUT2D eigenvalue weighted by Crippen LogP contribution is -2.19. The van der Waals surface area contributed by atoms with E-state index in [-0.39, 0.29) is 11.1 Å². The summed E-state index contributed by atoms with van der Waals surface area (Å²) < 4.78 is 46.5. The van der Waals surface area contributed by atoms with E-state index in [9.17, 15) is 18.0 Å². The first kappa shape index (κ1) is 18.7. The fraction of sp³-hybridized carbons (Fsp3) is 0.0526. The average molecular weight is 396 g/mol. The molecule has 0 spiro atoms. The Morgan fingerprint density at radius 3 is 2.52 bits per heavy atom. The van der Waals surface area contributed by atoms with Crippen molar-refractivity contribution >= 4 is 24.3 Å². The molecule has 0 unspecified atom stereocenters. The van der Waals surface area contributed by atoms with Crippen LogP contribution in [0.25, 0.3) is 16.6 Å². The van der Waals surface area contributed by atoms with Crippen molar-refractivity contribution in [3.05, 3.63) is 77.1 Å². The molecule has 0 bridgehead atoms. The number of benzene rings is 1. The van der Waals surface area contributed by atoms with Gasteiger partial charge in [-0.1, -0.05) is 0 Å². The van der Waals surface area contributed by atoms with Crippen LogP contribution in [0.1, 0.15) is 5.56 Å². The van der Waals surface area contributed by atoms with Gasteiger partial charge in [-0.15, -0.1) is 0 Å². The first-order valence-electron chi connectivity index (χ1n) is 8.48. The van der Waals surface area contributed by atoms with Gasteiger partial charge >= 0.3 is 6.18 Å². The Hall–Kier alpha value is -3.69. The highest BCUT2D eigenvalue weighted by molar-refractivity contribution is 6.33. The van der Waals surface area contributed by atoms with Gasteiger partial charge in [-0.3, -0.25) is 14.3 Å². The standard InChI is InChI=1S/C19H12BF3N4O2/c20-16-15(4-2-7-24-16)27-10-26-17(28)12-9-11(5-6-14(12)27)29-18-13(19(21,22)23)3-1-8-25-18/h1-10H,20H2. The summed E-state index contributed by atoms with van der Waals surface area (Å²) in [6.45, 7) is 0. The number of hydrogen-bond acceptors (Lipinski definition) is 5. The van der Waals surface area contributed by atoms with Crippen LogP contribution in [0.5, 0.6) is 11.6 Å². The quantitative estimate of drug-likeness (QED) is 0.497. The van der Waals surface area contributed by atoms with Gasteiger partial charge < -0.3 is 4.74 Å². The van der Waals surface area contributed by atoms with Crippen molar-refractivity contribution in [1.29, 1.82) is 0 Å². The molecule has 10 heteroatoms. The number of fused-ring (bicyclic) bond motifs is 1. The lowest BCUT2D eigenvalue weighted by molar-refractivity contribution is -0.138. The Bertz CT molecular complexity index is 1270. The van der Waals surface area contributed by atoms with Crippen molar-refractivity contribution in [2.45, 2.75) is 6.18 Å². The van der Waals surface area contributed by atoms with Gasteiger partial charge in [0, 0.05) is 18.0 Å². The van der Waals surface area contributed by atoms with Gasteiger partial charge in [0.05, 0.1) is 16.6 Å². The Morgan fingerprint density at radius 1 is 1.00 bits per heavy atom. The van der Waals surface area contributed by atoms with E-state index in [4.69, 9.17) is 4.74 Å². The third-order valence-corrected chi connectivity index (χ3v) is 4.28. The SMILES string of the molecule is Bc1ncccc1-n1cnc(=O)c2cc(Oc3ncccc3C(F)(F)F)ccc21. The second kappa shape index (κ2) is 7.04. The number of aromatic nitrogens is 4. The van der Waals surface area contributed by atoms with Gasteiger partial charge in [0.15, 0.2) is 7.85 Å². The fourth-order valence-corrected chi connectivity index (χ4v) is 2.92. The molecule has 3 aromatic heterocycles. The van der Waals surface area contributed by atoms with Crippen LogP contribution in [-0.2, 0) is 6.18 Å². The van der Waals surface area contributed by atoms with Crippen LogP contribution < -0.4 is 15.9 Å². The molecule has 6 nitrogen and oxygen atoms in total. The van der Waals surface area contributed by atoms with E-state index in [2.05, 4.69) is 15.0 Å². The minimum atomic E-state index is -4.62. The smallest absolute Gasteiger partial charge is 0.421 e. The van der Waals surface area contributed by atoms with Crippen LogP contribution in [0.3, 0.4) is 0 Å². The van der Waals surface area contributed by atoms with Crippen LogP contribution in [0.4, 0.5) is 13.2 Å². The molecule has 1 aromatic carbocycles. The number of alkyl halides is 3. The summed E-state index contributed by atoms with van der Waals surface area (Å²) in [6.07, 6.45) is -0.387. The maximum atomic E-state index is 13.2. The van der Waals surface area contributed by atoms with E-state index in [1.807, 2.05) is 13.9 Å². The van der Waals surface area contributed by atoms with E-state index in [1.165, 1.54) is 30.7 Å². The topological polar surface area (TPSA) is 69.9 Å². The van der Waals surface area contributed by atoms with Crippen LogP contribution in [0, 0.1) is 0 Å². The molecule has 4 rings (SSSR count). The van der Waals surface area contributed by atoms with Crippen molar-refractivity contribution in [1.82, 2.24) is 19.5 Å². The number of nitrogens with zero attached hydrogens (tertiary/aromatic N) is 4. The third-order valence-electron chi connectivity index (χ3n) is 4.28. The van der Waals surface area contributed by atoms with Gasteiger partial charge in [-0.25, -0.2) is 4.98 Å². The minimum Gasteiger partial charge on any atom is -0.438 e. The van der Waals surface area contributed by atoms with Crippen molar-refractivity contribution in [3.8, 4) is 17.3 Å². The molecule has 0 amide bonds. The van der Waals surface area contributed by atoms with E-state index >= 15 is 0 Å². The molecule has 0 saturated heterocycles. The van der Waals surface area contributed by atoms with E-state index < -0.39 is 23.2 Å². The van der Waals surface area contributed by atoms with Crippen molar-refractivity contribution in [3.63, 3.8) is 0 Å². The molecule has 0 fully saturated rings. The van der Waals surface area contributed by atoms with Gasteiger partial charge in [0.2, 0.25) is 5.88 Å². The zero-order valence-corrected chi connectivity index (χ0v) is 15.0. The van der Waals surface area contributed by atoms with Crippen LogP contribution >= 0.6 is 0 Å². The largest absolute Gasteiger partial charge is 0.438 e. The van der Waals surface area contributed by atoms with Gasteiger partial charge in [-0.05, 0) is 42.5 Å². The maximum absolute atomic E-state index is 13.2. The summed E-state index contributed by atoms with van der Waals surface area (Å²) in [5.74, 6) is -0.548. The van der Waals surface area contributed by atoms with Crippen molar-refractivity contribution in [2.24, 2.45) is 0 Å². The van der Waals surface area contributed by atoms with E-state index in [0.29, 0.717) is 5.52 Å². The predicted octanol–water partition coefficient (Wildman–Crippen LogP) is 2.25. The molecule has 0 N–H and O–H groups in total. The normalized spacial score (nSPS) is 11.6. The summed E-state index contributed by atoms with van der Waals surface area (Å²) in [4.78, 5) is 24.0. The summed E-state index contributed by atoms with van der Waals surface area (Å²) >= 11 is 0. The predicted molar refractivity (Wildman–Crippen MR) is 103 cm³/mol. The summed E-state index contributed by atoms with van der Waals surface area (Å²) in [5.41, 5.74) is 0.436. The number of hydrogen-bond donors (Lipinski definition) is 0. The first-order valence-corrected chi connectivity index (χ1v) is 8.48. The summed E-state index contributed by atoms with van der Waals surface area (Å²) in [5, 5.41) is 0.192. The molecule has 0 atom stereocenters. The fourth-order valence-electron chi connectivity index (χ4n) is 2.92. The molecule has 0 aliphatic heterocycles. The molecule has 0 aliphatic rings. The number of halogens is 3.